The molecule has 1 heterocycles. The maximum atomic E-state index is 11.4. The maximum Gasteiger partial charge on any atom is 0.673 e. The summed E-state index contributed by atoms with van der Waals surface area (Å²) in [6, 6.07) is 0. The van der Waals surface area contributed by atoms with Crippen molar-refractivity contribution in [1.29, 1.82) is 0 Å². The first-order valence-corrected chi connectivity index (χ1v) is 34.0. The zero-order valence-corrected chi connectivity index (χ0v) is 60.7. The number of aliphatic hydroxyl groups is 1. The molecular formula is C68H116BBrF4N2O20. The first kappa shape index (κ1) is 103. The number of imidazole rings is 1. The van der Waals surface area contributed by atoms with Gasteiger partial charge in [-0.05, 0) is 76.4 Å². The molecular weight excluding hydrogens is 1330 g/mol. The number of carboxylic acids is 1. The number of esters is 5. The highest BCUT2D eigenvalue weighted by Gasteiger charge is 2.20. The highest BCUT2D eigenvalue weighted by atomic mass is 79.9. The lowest BCUT2D eigenvalue weighted by Crippen LogP contribution is -2.29. The van der Waals surface area contributed by atoms with Gasteiger partial charge in [-0.25, -0.2) is 9.13 Å². The SMILES string of the molecule is C=CC(=O)CCC(=O)OC.CCCC/C=C/C(=O)CCC(=O)OC.CCCCC=O.CCCCCCC(=O)CCC(=O)OC.COC(=O)CCC(=O)CCCCCBr.COC(=O)CCC(=O)CCCCCO.Cc1n(CCCCCC(=O)CCC(=O)O)cc[n+]1C.F[B-](F)(F)F. The van der Waals surface area contributed by atoms with Gasteiger partial charge in [-0.15, -0.1) is 0 Å². The quantitative estimate of drug-likeness (QED) is 0.00705. The molecule has 0 aliphatic carbocycles. The van der Waals surface area contributed by atoms with Crippen molar-refractivity contribution in [3.63, 3.8) is 0 Å². The second kappa shape index (κ2) is 77.4. The number of ether oxygens (including phenoxy) is 5. The van der Waals surface area contributed by atoms with Crippen molar-refractivity contribution in [1.82, 2.24) is 4.57 Å². The van der Waals surface area contributed by atoms with Crippen molar-refractivity contribution < 1.29 is 118 Å². The molecule has 0 spiro atoms. The molecule has 0 aromatic carbocycles. The fourth-order valence-corrected chi connectivity index (χ4v) is 7.41. The second-order valence-corrected chi connectivity index (χ2v) is 22.0. The van der Waals surface area contributed by atoms with Crippen LogP contribution in [-0.2, 0) is 99.6 Å². The number of aryl methyl sites for hydroxylation is 2. The lowest BCUT2D eigenvalue weighted by molar-refractivity contribution is -0.677. The molecule has 0 saturated carbocycles. The number of aromatic nitrogens is 2. The van der Waals surface area contributed by atoms with Gasteiger partial charge >= 0.3 is 43.1 Å². The molecule has 556 valence electrons. The molecule has 1 rings (SSSR count). The molecule has 0 radical (unpaired) electrons. The summed E-state index contributed by atoms with van der Waals surface area (Å²) in [5.41, 5.74) is 0. The predicted octanol–water partition coefficient (Wildman–Crippen LogP) is 13.2. The first-order valence-electron chi connectivity index (χ1n) is 32.9. The number of carbonyl (C=O) groups excluding carboxylic acids is 12. The van der Waals surface area contributed by atoms with Crippen molar-refractivity contribution >= 4 is 100.0 Å². The number of rotatable bonds is 47. The van der Waals surface area contributed by atoms with E-state index < -0.39 is 13.2 Å². The maximum absolute atomic E-state index is 11.4. The molecule has 0 amide bonds. The minimum Gasteiger partial charge on any atom is -0.481 e. The van der Waals surface area contributed by atoms with Gasteiger partial charge in [0.1, 0.15) is 41.8 Å². The highest BCUT2D eigenvalue weighted by Crippen LogP contribution is 2.10. The molecule has 1 aromatic rings. The van der Waals surface area contributed by atoms with Crippen LogP contribution in [0.2, 0.25) is 0 Å². The molecule has 0 atom stereocenters. The Bertz CT molecular complexity index is 2180. The third-order valence-corrected chi connectivity index (χ3v) is 13.5. The van der Waals surface area contributed by atoms with Crippen LogP contribution in [0.15, 0.2) is 37.2 Å². The number of alkyl halides is 1. The smallest absolute Gasteiger partial charge is 0.481 e. The van der Waals surface area contributed by atoms with E-state index in [4.69, 9.17) is 10.2 Å². The minimum absolute atomic E-state index is 0.00787. The van der Waals surface area contributed by atoms with E-state index in [1.165, 1.54) is 60.3 Å². The topological polar surface area (TPSA) is 317 Å². The Labute approximate surface area is 576 Å². The van der Waals surface area contributed by atoms with Gasteiger partial charge < -0.3 is 56.0 Å². The Morgan fingerprint density at radius 3 is 1.16 bits per heavy atom. The molecule has 0 unspecified atom stereocenters. The van der Waals surface area contributed by atoms with E-state index >= 15 is 0 Å². The van der Waals surface area contributed by atoms with Crippen molar-refractivity contribution in [2.24, 2.45) is 7.05 Å². The van der Waals surface area contributed by atoms with Gasteiger partial charge in [-0.1, -0.05) is 101 Å². The van der Waals surface area contributed by atoms with Crippen LogP contribution < -0.4 is 4.57 Å². The minimum atomic E-state index is -6.00. The van der Waals surface area contributed by atoms with Crippen LogP contribution >= 0.6 is 15.9 Å². The van der Waals surface area contributed by atoms with Crippen LogP contribution in [0.4, 0.5) is 17.3 Å². The summed E-state index contributed by atoms with van der Waals surface area (Å²) in [6.45, 7) is 12.8. The van der Waals surface area contributed by atoms with E-state index in [0.717, 1.165) is 127 Å². The van der Waals surface area contributed by atoms with E-state index in [1.807, 2.05) is 19.3 Å². The highest BCUT2D eigenvalue weighted by molar-refractivity contribution is 9.09. The van der Waals surface area contributed by atoms with Gasteiger partial charge in [-0.2, -0.15) is 0 Å². The molecule has 96 heavy (non-hydrogen) atoms. The Morgan fingerprint density at radius 2 is 0.844 bits per heavy atom. The van der Waals surface area contributed by atoms with Crippen LogP contribution in [0.5, 0.6) is 0 Å². The number of aliphatic hydroxyl groups excluding tert-OH is 1. The van der Waals surface area contributed by atoms with Gasteiger partial charge in [-0.3, -0.25) is 57.5 Å². The number of nitrogens with zero attached hydrogens (tertiary/aromatic N) is 2. The molecule has 0 aliphatic heterocycles. The first-order chi connectivity index (χ1) is 45.4. The van der Waals surface area contributed by atoms with Gasteiger partial charge in [0.2, 0.25) is 0 Å². The number of carboxylic acid groups (broad SMARTS) is 1. The van der Waals surface area contributed by atoms with E-state index in [9.17, 15) is 79.6 Å². The molecule has 2 N–H and O–H groups in total. The van der Waals surface area contributed by atoms with Gasteiger partial charge in [0.15, 0.2) is 11.6 Å². The summed E-state index contributed by atoms with van der Waals surface area (Å²) in [5.74, 6) is -0.982. The molecule has 0 aliphatic rings. The van der Waals surface area contributed by atoms with E-state index in [2.05, 4.69) is 89.2 Å². The number of halogens is 5. The number of carbonyl (C=O) groups is 13. The van der Waals surface area contributed by atoms with Crippen LogP contribution in [0.3, 0.4) is 0 Å². The van der Waals surface area contributed by atoms with Crippen molar-refractivity contribution in [2.75, 3.05) is 47.5 Å². The molecule has 22 nitrogen and oxygen atoms in total. The molecule has 0 bridgehead atoms. The molecule has 1 aromatic heterocycles. The summed E-state index contributed by atoms with van der Waals surface area (Å²) in [4.78, 5) is 140. The number of Topliss-reactive ketones (excluding diaryl/α,β-unsaturated/α-hetero) is 4. The van der Waals surface area contributed by atoms with Gasteiger partial charge in [0, 0.05) is 89.5 Å². The summed E-state index contributed by atoms with van der Waals surface area (Å²) in [7, 11) is 2.63. The lowest BCUT2D eigenvalue weighted by atomic mass is 10.1. The summed E-state index contributed by atoms with van der Waals surface area (Å²) in [5, 5.41) is 18.0. The zero-order chi connectivity index (χ0) is 74.8. The Morgan fingerprint density at radius 1 is 0.500 bits per heavy atom. The normalized spacial score (nSPS) is 9.96. The molecule has 0 saturated heterocycles. The fourth-order valence-electron chi connectivity index (χ4n) is 7.01. The number of allylic oxidation sites excluding steroid dienone is 3. The largest absolute Gasteiger partial charge is 0.673 e. The number of hydrogen-bond donors (Lipinski definition) is 2. The van der Waals surface area contributed by atoms with Crippen LogP contribution in [0.25, 0.3) is 0 Å². The molecule has 0 fully saturated rings. The number of unbranched alkanes of at least 4 members (excludes halogenated alkanes) is 13. The second-order valence-electron chi connectivity index (χ2n) is 21.2. The van der Waals surface area contributed by atoms with Crippen molar-refractivity contribution in [3.8, 4) is 0 Å². The van der Waals surface area contributed by atoms with Crippen LogP contribution in [0, 0.1) is 6.92 Å². The summed E-state index contributed by atoms with van der Waals surface area (Å²) in [6.07, 6.45) is 33.1. The number of aliphatic carboxylic acids is 1. The number of ketones is 6. The third kappa shape index (κ3) is 93.8. The summed E-state index contributed by atoms with van der Waals surface area (Å²) < 4.78 is 65.3. The average Bonchev–Trinajstić information content (AvgIpc) is 1.91. The Kier molecular flexibility index (Phi) is 83.0. The fraction of sp³-hybridized carbons (Fsp3) is 0.706. The predicted molar refractivity (Wildman–Crippen MR) is 363 cm³/mol. The standard InChI is InChI=1S/C14H22N2O3.C11H20O3.C11H18O3.C10H17BrO3.C10H18O4.C7H10O3.C5H10O.BF4/c1-12-15(2)10-11-16(12)9-5-3-4-6-13(17)7-8-14(18)19;2*1-3-4-5-6-7-10(12)8-9-11(13)14-2;2*1-14-10(13)7-6-9(12)5-3-2-4-8-11;1-3-6(8)4-5-7(9)10-2;1-2-3-4-5-6;2-1(3,4)5/h10-11H,3-9H2,1-2H3;3-9H2,1-2H3;6-7H,3-5,8-9H2,1-2H3;2-8H2,1H3;11H,2-8H2,1H3;3H,1,4-5H2,2H3;5H,2-4H2,1H3;/q;;;;;;;-1/p+1/b;;7-6+;;;;;. The Balaban J connectivity index is -0.000000193. The van der Waals surface area contributed by atoms with Crippen LogP contribution in [0.1, 0.15) is 251 Å². The van der Waals surface area contributed by atoms with E-state index in [1.54, 1.807) is 6.08 Å². The van der Waals surface area contributed by atoms with E-state index in [0.29, 0.717) is 38.5 Å². The van der Waals surface area contributed by atoms with Gasteiger partial charge in [0.25, 0.3) is 5.82 Å². The number of methoxy groups -OCH3 is 5. The monoisotopic (exact) mass is 1450 g/mol. The zero-order valence-electron chi connectivity index (χ0n) is 59.1. The third-order valence-electron chi connectivity index (χ3n) is 12.9. The Hall–Kier alpha value is -6.58. The van der Waals surface area contributed by atoms with Crippen LogP contribution in [-0.4, -0.2) is 146 Å². The van der Waals surface area contributed by atoms with Gasteiger partial charge in [0.05, 0.1) is 87.7 Å². The van der Waals surface area contributed by atoms with Crippen molar-refractivity contribution in [3.05, 3.63) is 43.0 Å². The lowest BCUT2D eigenvalue weighted by Gasteiger charge is -2.01. The molecule has 28 heteroatoms. The number of hydrogen-bond acceptors (Lipinski definition) is 19. The summed E-state index contributed by atoms with van der Waals surface area (Å²) >= 11 is 3.33. The number of aldehydes is 1. The van der Waals surface area contributed by atoms with E-state index in [-0.39, 0.29) is 135 Å². The van der Waals surface area contributed by atoms with Crippen molar-refractivity contribution in [2.45, 2.75) is 259 Å². The average molecular weight is 1450 g/mol.